The number of hydrogen-bond donors (Lipinski definition) is 0. The van der Waals surface area contributed by atoms with Gasteiger partial charge in [-0.15, -0.1) is 0 Å². The Labute approximate surface area is 102 Å². The molecule has 0 atom stereocenters. The molecule has 0 unspecified atom stereocenters. The molecule has 1 heterocycles. The predicted octanol–water partition coefficient (Wildman–Crippen LogP) is 1.46. The van der Waals surface area contributed by atoms with Crippen molar-refractivity contribution < 1.29 is 9.53 Å². The van der Waals surface area contributed by atoms with Crippen LogP contribution in [0.25, 0.3) is 0 Å². The lowest BCUT2D eigenvalue weighted by molar-refractivity contribution is -0.107. The van der Waals surface area contributed by atoms with E-state index in [1.54, 1.807) is 19.1 Å². The fourth-order valence-electron chi connectivity index (χ4n) is 1.60. The minimum Gasteiger partial charge on any atom is -0.384 e. The van der Waals surface area contributed by atoms with Crippen molar-refractivity contribution in [2.45, 2.75) is 32.7 Å². The minimum atomic E-state index is 0.648. The van der Waals surface area contributed by atoms with Crippen LogP contribution in [-0.4, -0.2) is 37.0 Å². The Balaban J connectivity index is 2.82. The Hall–Kier alpha value is -1.36. The van der Waals surface area contributed by atoms with E-state index >= 15 is 0 Å². The van der Waals surface area contributed by atoms with Gasteiger partial charge >= 0.3 is 0 Å². The molecule has 5 heteroatoms. The van der Waals surface area contributed by atoms with Crippen LogP contribution in [0.2, 0.25) is 0 Å². The fraction of sp³-hybridized carbons (Fsp3) is 0.667. The summed E-state index contributed by atoms with van der Waals surface area (Å²) in [4.78, 5) is 12.4. The molecule has 0 radical (unpaired) electrons. The quantitative estimate of drug-likeness (QED) is 0.645. The number of methoxy groups -OCH3 is 1. The zero-order chi connectivity index (χ0) is 12.7. The highest BCUT2D eigenvalue weighted by atomic mass is 16.5. The van der Waals surface area contributed by atoms with Crippen molar-refractivity contribution in [2.75, 3.05) is 25.7 Å². The van der Waals surface area contributed by atoms with Gasteiger partial charge < -0.3 is 9.64 Å². The standard InChI is InChI=1S/C12H21N3O2/c1-4-5-7-15-12(14(2)10-16)9-11(13-15)6-8-17-3/h9-10H,4-8H2,1-3H3. The second kappa shape index (κ2) is 7.06. The maximum Gasteiger partial charge on any atom is 0.215 e. The van der Waals surface area contributed by atoms with Crippen molar-refractivity contribution >= 4 is 12.2 Å². The first-order chi connectivity index (χ1) is 8.22. The molecular formula is C12H21N3O2. The third-order valence-corrected chi connectivity index (χ3v) is 2.61. The van der Waals surface area contributed by atoms with Crippen LogP contribution < -0.4 is 4.90 Å². The van der Waals surface area contributed by atoms with Gasteiger partial charge in [-0.1, -0.05) is 13.3 Å². The summed E-state index contributed by atoms with van der Waals surface area (Å²) in [6.45, 7) is 3.63. The van der Waals surface area contributed by atoms with Gasteiger partial charge in [-0.3, -0.25) is 4.79 Å². The largest absolute Gasteiger partial charge is 0.384 e. The summed E-state index contributed by atoms with van der Waals surface area (Å²) in [6.07, 6.45) is 3.75. The average Bonchev–Trinajstić information content (AvgIpc) is 2.76. The summed E-state index contributed by atoms with van der Waals surface area (Å²) in [6, 6.07) is 1.95. The molecule has 17 heavy (non-hydrogen) atoms. The Bertz CT molecular complexity index is 350. The van der Waals surface area contributed by atoms with Crippen LogP contribution in [0.3, 0.4) is 0 Å². The summed E-state index contributed by atoms with van der Waals surface area (Å²) < 4.78 is 6.92. The Morgan fingerprint density at radius 2 is 2.35 bits per heavy atom. The molecule has 96 valence electrons. The van der Waals surface area contributed by atoms with Crippen LogP contribution in [0.1, 0.15) is 25.5 Å². The normalized spacial score (nSPS) is 10.5. The molecule has 0 aromatic carbocycles. The number of hydrogen-bond acceptors (Lipinski definition) is 3. The smallest absolute Gasteiger partial charge is 0.215 e. The van der Waals surface area contributed by atoms with Crippen molar-refractivity contribution in [3.8, 4) is 0 Å². The molecule has 0 spiro atoms. The van der Waals surface area contributed by atoms with Crippen molar-refractivity contribution in [1.82, 2.24) is 9.78 Å². The van der Waals surface area contributed by atoms with E-state index < -0.39 is 0 Å². The van der Waals surface area contributed by atoms with Gasteiger partial charge in [0.1, 0.15) is 5.82 Å². The van der Waals surface area contributed by atoms with E-state index in [0.717, 1.165) is 43.7 Å². The van der Waals surface area contributed by atoms with Gasteiger partial charge in [-0.25, -0.2) is 4.68 Å². The zero-order valence-electron chi connectivity index (χ0n) is 10.8. The van der Waals surface area contributed by atoms with E-state index in [9.17, 15) is 4.79 Å². The number of carbonyl (C=O) groups is 1. The van der Waals surface area contributed by atoms with Crippen LogP contribution >= 0.6 is 0 Å². The van der Waals surface area contributed by atoms with E-state index in [4.69, 9.17) is 4.74 Å². The zero-order valence-corrected chi connectivity index (χ0v) is 10.8. The number of aromatic nitrogens is 2. The van der Waals surface area contributed by atoms with Crippen LogP contribution in [0.5, 0.6) is 0 Å². The van der Waals surface area contributed by atoms with Gasteiger partial charge in [-0.05, 0) is 6.42 Å². The number of unbranched alkanes of at least 4 members (excludes halogenated alkanes) is 1. The van der Waals surface area contributed by atoms with Gasteiger partial charge in [0.2, 0.25) is 6.41 Å². The summed E-state index contributed by atoms with van der Waals surface area (Å²) >= 11 is 0. The molecule has 5 nitrogen and oxygen atoms in total. The first kappa shape index (κ1) is 13.7. The molecule has 0 aliphatic heterocycles. The molecule has 0 aliphatic rings. The molecule has 1 amide bonds. The summed E-state index contributed by atoms with van der Waals surface area (Å²) in [5.74, 6) is 0.847. The summed E-state index contributed by atoms with van der Waals surface area (Å²) in [5.41, 5.74) is 0.964. The van der Waals surface area contributed by atoms with Crippen LogP contribution in [-0.2, 0) is 22.5 Å². The molecule has 0 fully saturated rings. The fourth-order valence-corrected chi connectivity index (χ4v) is 1.60. The number of rotatable bonds is 8. The summed E-state index contributed by atoms with van der Waals surface area (Å²) in [7, 11) is 3.42. The van der Waals surface area contributed by atoms with E-state index in [-0.39, 0.29) is 0 Å². The van der Waals surface area contributed by atoms with Crippen molar-refractivity contribution in [3.05, 3.63) is 11.8 Å². The number of aryl methyl sites for hydroxylation is 1. The van der Waals surface area contributed by atoms with Crippen molar-refractivity contribution in [1.29, 1.82) is 0 Å². The molecule has 1 aromatic heterocycles. The predicted molar refractivity (Wildman–Crippen MR) is 67.2 cm³/mol. The Morgan fingerprint density at radius 1 is 1.59 bits per heavy atom. The number of ether oxygens (including phenoxy) is 1. The molecule has 0 saturated heterocycles. The Morgan fingerprint density at radius 3 is 2.94 bits per heavy atom. The molecule has 0 saturated carbocycles. The minimum absolute atomic E-state index is 0.648. The molecule has 0 aliphatic carbocycles. The topological polar surface area (TPSA) is 47.4 Å². The van der Waals surface area contributed by atoms with Gasteiger partial charge in [0.05, 0.1) is 12.3 Å². The molecule has 0 bridgehead atoms. The lowest BCUT2D eigenvalue weighted by atomic mass is 10.3. The molecule has 1 rings (SSSR count). The third-order valence-electron chi connectivity index (χ3n) is 2.61. The average molecular weight is 239 g/mol. The highest BCUT2D eigenvalue weighted by Crippen LogP contribution is 2.15. The van der Waals surface area contributed by atoms with E-state index in [1.807, 2.05) is 10.7 Å². The van der Waals surface area contributed by atoms with Crippen LogP contribution in [0.15, 0.2) is 6.07 Å². The maximum absolute atomic E-state index is 10.8. The molecule has 0 N–H and O–H groups in total. The van der Waals surface area contributed by atoms with Crippen molar-refractivity contribution in [2.24, 2.45) is 0 Å². The molecular weight excluding hydrogens is 218 g/mol. The van der Waals surface area contributed by atoms with Gasteiger partial charge in [0.15, 0.2) is 0 Å². The van der Waals surface area contributed by atoms with E-state index in [0.29, 0.717) is 6.61 Å². The molecule has 1 aromatic rings. The monoisotopic (exact) mass is 239 g/mol. The Kier molecular flexibility index (Phi) is 5.69. The van der Waals surface area contributed by atoms with Crippen molar-refractivity contribution in [3.63, 3.8) is 0 Å². The van der Waals surface area contributed by atoms with Crippen LogP contribution in [0.4, 0.5) is 5.82 Å². The number of amides is 1. The lowest BCUT2D eigenvalue weighted by Gasteiger charge is -2.12. The van der Waals surface area contributed by atoms with Gasteiger partial charge in [-0.2, -0.15) is 5.10 Å². The third kappa shape index (κ3) is 3.85. The number of carbonyl (C=O) groups excluding carboxylic acids is 1. The van der Waals surface area contributed by atoms with E-state index in [2.05, 4.69) is 12.0 Å². The number of anilines is 1. The SMILES string of the molecule is CCCCn1nc(CCOC)cc1N(C)C=O. The highest BCUT2D eigenvalue weighted by Gasteiger charge is 2.10. The van der Waals surface area contributed by atoms with Crippen LogP contribution in [0, 0.1) is 0 Å². The number of nitrogens with zero attached hydrogens (tertiary/aromatic N) is 3. The second-order valence-electron chi connectivity index (χ2n) is 4.03. The lowest BCUT2D eigenvalue weighted by Crippen LogP contribution is -2.18. The van der Waals surface area contributed by atoms with E-state index in [1.165, 1.54) is 0 Å². The first-order valence-electron chi connectivity index (χ1n) is 5.96. The highest BCUT2D eigenvalue weighted by molar-refractivity contribution is 5.72. The summed E-state index contributed by atoms with van der Waals surface area (Å²) in [5, 5.41) is 4.49. The first-order valence-corrected chi connectivity index (χ1v) is 5.96. The van der Waals surface area contributed by atoms with Gasteiger partial charge in [0.25, 0.3) is 0 Å². The maximum atomic E-state index is 10.8. The van der Waals surface area contributed by atoms with Gasteiger partial charge in [0, 0.05) is 33.2 Å². The second-order valence-corrected chi connectivity index (χ2v) is 4.03.